The summed E-state index contributed by atoms with van der Waals surface area (Å²) in [6.45, 7) is 8.56. The highest BCUT2D eigenvalue weighted by Crippen LogP contribution is 2.24. The second kappa shape index (κ2) is 7.36. The van der Waals surface area contributed by atoms with E-state index in [9.17, 15) is 4.79 Å². The molecule has 0 spiro atoms. The number of pyridine rings is 1. The molecule has 24 heavy (non-hydrogen) atoms. The minimum absolute atomic E-state index is 0.109. The summed E-state index contributed by atoms with van der Waals surface area (Å²) >= 11 is 1.45. The Hall–Kier alpha value is -1.86. The Morgan fingerprint density at radius 2 is 2.08 bits per heavy atom. The Bertz CT molecular complexity index is 709. The summed E-state index contributed by atoms with van der Waals surface area (Å²) in [7, 11) is 0. The van der Waals surface area contributed by atoms with Gasteiger partial charge in [0.15, 0.2) is 0 Å². The van der Waals surface area contributed by atoms with Gasteiger partial charge in [-0.05, 0) is 56.8 Å². The van der Waals surface area contributed by atoms with Gasteiger partial charge in [-0.3, -0.25) is 14.7 Å². The van der Waals surface area contributed by atoms with Gasteiger partial charge < -0.3 is 5.32 Å². The van der Waals surface area contributed by atoms with Crippen molar-refractivity contribution in [3.63, 3.8) is 0 Å². The van der Waals surface area contributed by atoms with E-state index in [0.717, 1.165) is 42.5 Å². The number of hydrogen-bond acceptors (Lipinski definition) is 6. The van der Waals surface area contributed by atoms with Crippen LogP contribution in [0.5, 0.6) is 0 Å². The van der Waals surface area contributed by atoms with Crippen LogP contribution in [0.2, 0.25) is 0 Å². The van der Waals surface area contributed by atoms with Gasteiger partial charge in [0.2, 0.25) is 11.0 Å². The lowest BCUT2D eigenvalue weighted by Gasteiger charge is -2.14. The van der Waals surface area contributed by atoms with Crippen molar-refractivity contribution in [3.05, 3.63) is 34.1 Å². The highest BCUT2D eigenvalue weighted by molar-refractivity contribution is 7.15. The maximum atomic E-state index is 11.0. The Morgan fingerprint density at radius 1 is 1.33 bits per heavy atom. The number of hydrogen-bond donors (Lipinski definition) is 1. The number of amides is 1. The van der Waals surface area contributed by atoms with Gasteiger partial charge in [0.1, 0.15) is 5.01 Å². The lowest BCUT2D eigenvalue weighted by Crippen LogP contribution is -2.20. The first-order valence-corrected chi connectivity index (χ1v) is 9.06. The quantitative estimate of drug-likeness (QED) is 0.902. The molecule has 3 rings (SSSR count). The molecule has 2 aromatic heterocycles. The summed E-state index contributed by atoms with van der Waals surface area (Å²) in [6, 6.07) is 4.39. The molecule has 1 aliphatic rings. The number of aryl methyl sites for hydroxylation is 2. The number of rotatable bonds is 5. The van der Waals surface area contributed by atoms with E-state index in [1.54, 1.807) is 0 Å². The Labute approximate surface area is 146 Å². The third-order valence-corrected chi connectivity index (χ3v) is 4.97. The van der Waals surface area contributed by atoms with Crippen LogP contribution in [-0.2, 0) is 17.8 Å². The summed E-state index contributed by atoms with van der Waals surface area (Å²) in [5, 5.41) is 12.4. The largest absolute Gasteiger partial charge is 0.301 e. The van der Waals surface area contributed by atoms with Crippen LogP contribution in [0.3, 0.4) is 0 Å². The molecule has 6 nitrogen and oxygen atoms in total. The molecule has 1 amide bonds. The van der Waals surface area contributed by atoms with E-state index in [1.165, 1.54) is 30.2 Å². The Balaban J connectivity index is 1.53. The first-order chi connectivity index (χ1) is 11.5. The lowest BCUT2D eigenvalue weighted by molar-refractivity contribution is -0.114. The molecule has 7 heteroatoms. The van der Waals surface area contributed by atoms with Gasteiger partial charge in [0.05, 0.1) is 6.54 Å². The number of anilines is 1. The van der Waals surface area contributed by atoms with E-state index in [2.05, 4.69) is 51.4 Å². The topological polar surface area (TPSA) is 71.0 Å². The Morgan fingerprint density at radius 3 is 2.79 bits per heavy atom. The first kappa shape index (κ1) is 17.0. The molecule has 0 saturated carbocycles. The number of aromatic nitrogens is 3. The van der Waals surface area contributed by atoms with E-state index in [1.807, 2.05) is 0 Å². The van der Waals surface area contributed by atoms with Crippen molar-refractivity contribution in [1.82, 2.24) is 20.1 Å². The fourth-order valence-corrected chi connectivity index (χ4v) is 4.13. The predicted octanol–water partition coefficient (Wildman–Crippen LogP) is 2.57. The summed E-state index contributed by atoms with van der Waals surface area (Å²) < 4.78 is 0. The van der Waals surface area contributed by atoms with Crippen molar-refractivity contribution >= 4 is 22.4 Å². The molecular formula is C17H23N5OS. The van der Waals surface area contributed by atoms with Gasteiger partial charge in [0.25, 0.3) is 0 Å². The van der Waals surface area contributed by atoms with E-state index >= 15 is 0 Å². The average Bonchev–Trinajstić information content (AvgIpc) is 3.07. The van der Waals surface area contributed by atoms with Crippen molar-refractivity contribution < 1.29 is 4.79 Å². The minimum Gasteiger partial charge on any atom is -0.301 e. The van der Waals surface area contributed by atoms with Gasteiger partial charge in [-0.15, -0.1) is 10.2 Å². The van der Waals surface area contributed by atoms with Crippen LogP contribution in [0.4, 0.5) is 5.13 Å². The molecule has 1 saturated heterocycles. The maximum Gasteiger partial charge on any atom is 0.223 e. The number of likely N-dealkylation sites (tertiary alicyclic amines) is 1. The zero-order valence-corrected chi connectivity index (χ0v) is 15.2. The normalized spacial score (nSPS) is 18.0. The summed E-state index contributed by atoms with van der Waals surface area (Å²) in [4.78, 5) is 17.9. The minimum atomic E-state index is -0.109. The van der Waals surface area contributed by atoms with Gasteiger partial charge >= 0.3 is 0 Å². The van der Waals surface area contributed by atoms with Gasteiger partial charge in [-0.25, -0.2) is 0 Å². The van der Waals surface area contributed by atoms with E-state index < -0.39 is 0 Å². The molecule has 1 N–H and O–H groups in total. The third-order valence-electron chi connectivity index (χ3n) is 4.14. The third kappa shape index (κ3) is 4.58. The number of carbonyl (C=O) groups is 1. The predicted molar refractivity (Wildman–Crippen MR) is 95.0 cm³/mol. The highest BCUT2D eigenvalue weighted by atomic mass is 32.1. The SMILES string of the molecule is CC(=O)Nc1nnc(CN2CC[C@H](Cc3cc(C)nc(C)c3)C2)s1. The lowest BCUT2D eigenvalue weighted by atomic mass is 9.98. The van der Waals surface area contributed by atoms with Crippen LogP contribution in [0.15, 0.2) is 12.1 Å². The number of nitrogens with zero attached hydrogens (tertiary/aromatic N) is 4. The van der Waals surface area contributed by atoms with Crippen LogP contribution in [0.1, 0.15) is 35.3 Å². The summed E-state index contributed by atoms with van der Waals surface area (Å²) in [6.07, 6.45) is 2.31. The molecule has 0 bridgehead atoms. The molecule has 1 fully saturated rings. The van der Waals surface area contributed by atoms with Gasteiger partial charge in [-0.2, -0.15) is 0 Å². The highest BCUT2D eigenvalue weighted by Gasteiger charge is 2.24. The summed E-state index contributed by atoms with van der Waals surface area (Å²) in [5.41, 5.74) is 3.58. The van der Waals surface area contributed by atoms with Crippen molar-refractivity contribution in [2.45, 2.75) is 40.2 Å². The van der Waals surface area contributed by atoms with Crippen LogP contribution in [0.25, 0.3) is 0 Å². The van der Waals surface area contributed by atoms with Crippen LogP contribution >= 0.6 is 11.3 Å². The molecule has 1 atom stereocenters. The Kier molecular flexibility index (Phi) is 5.20. The van der Waals surface area contributed by atoms with E-state index in [-0.39, 0.29) is 5.91 Å². The maximum absolute atomic E-state index is 11.0. The monoisotopic (exact) mass is 345 g/mol. The second-order valence-corrected chi connectivity index (χ2v) is 7.60. The standard InChI is InChI=1S/C17H23N5OS/c1-11-6-15(7-12(2)18-11)8-14-4-5-22(9-14)10-16-20-21-17(24-16)19-13(3)23/h6-7,14H,4-5,8-10H2,1-3H3,(H,19,21,23)/t14-/m1/s1. The van der Waals surface area contributed by atoms with Crippen molar-refractivity contribution in [2.24, 2.45) is 5.92 Å². The van der Waals surface area contributed by atoms with Gasteiger partial charge in [0, 0.05) is 24.9 Å². The van der Waals surface area contributed by atoms with Crippen LogP contribution in [0, 0.1) is 19.8 Å². The number of nitrogens with one attached hydrogen (secondary N) is 1. The zero-order valence-electron chi connectivity index (χ0n) is 14.4. The van der Waals surface area contributed by atoms with E-state index in [0.29, 0.717) is 11.0 Å². The average molecular weight is 345 g/mol. The molecule has 0 radical (unpaired) electrons. The molecule has 0 aromatic carbocycles. The van der Waals surface area contributed by atoms with Crippen molar-refractivity contribution in [2.75, 3.05) is 18.4 Å². The van der Waals surface area contributed by atoms with Crippen molar-refractivity contribution in [3.8, 4) is 0 Å². The molecular weight excluding hydrogens is 322 g/mol. The first-order valence-electron chi connectivity index (χ1n) is 8.24. The molecule has 0 aliphatic carbocycles. The number of carbonyl (C=O) groups excluding carboxylic acids is 1. The van der Waals surface area contributed by atoms with Crippen LogP contribution in [-0.4, -0.2) is 39.1 Å². The van der Waals surface area contributed by atoms with Crippen LogP contribution < -0.4 is 5.32 Å². The molecule has 128 valence electrons. The zero-order chi connectivity index (χ0) is 17.1. The molecule has 0 unspecified atom stereocenters. The fourth-order valence-electron chi connectivity index (χ4n) is 3.31. The van der Waals surface area contributed by atoms with Gasteiger partial charge in [-0.1, -0.05) is 11.3 Å². The van der Waals surface area contributed by atoms with E-state index in [4.69, 9.17) is 0 Å². The summed E-state index contributed by atoms with van der Waals surface area (Å²) in [5.74, 6) is 0.566. The molecule has 1 aliphatic heterocycles. The fraction of sp³-hybridized carbons (Fsp3) is 0.529. The van der Waals surface area contributed by atoms with Crippen molar-refractivity contribution in [1.29, 1.82) is 0 Å². The molecule has 2 aromatic rings. The second-order valence-electron chi connectivity index (χ2n) is 6.53. The molecule has 3 heterocycles. The smallest absolute Gasteiger partial charge is 0.223 e.